The van der Waals surface area contributed by atoms with Crippen molar-refractivity contribution in [3.05, 3.63) is 34.9 Å². The third-order valence-corrected chi connectivity index (χ3v) is 4.03. The van der Waals surface area contributed by atoms with Crippen molar-refractivity contribution in [1.29, 1.82) is 0 Å². The van der Waals surface area contributed by atoms with E-state index in [1.807, 2.05) is 6.07 Å². The Bertz CT molecular complexity index is 537. The van der Waals surface area contributed by atoms with E-state index < -0.39 is 12.0 Å². The van der Waals surface area contributed by atoms with Gasteiger partial charge < -0.3 is 10.4 Å². The van der Waals surface area contributed by atoms with Crippen LogP contribution in [0.3, 0.4) is 0 Å². The first-order valence-electron chi connectivity index (χ1n) is 7.60. The van der Waals surface area contributed by atoms with Crippen molar-refractivity contribution in [3.8, 4) is 0 Å². The van der Waals surface area contributed by atoms with Gasteiger partial charge in [-0.1, -0.05) is 32.0 Å². The summed E-state index contributed by atoms with van der Waals surface area (Å²) in [5, 5.41) is 11.7. The molecular formula is C17H23NO3. The Morgan fingerprint density at radius 3 is 2.48 bits per heavy atom. The Labute approximate surface area is 125 Å². The van der Waals surface area contributed by atoms with E-state index >= 15 is 0 Å². The summed E-state index contributed by atoms with van der Waals surface area (Å²) < 4.78 is 0. The van der Waals surface area contributed by atoms with Crippen molar-refractivity contribution >= 4 is 11.9 Å². The Morgan fingerprint density at radius 2 is 1.86 bits per heavy atom. The monoisotopic (exact) mass is 289 g/mol. The van der Waals surface area contributed by atoms with Crippen LogP contribution in [0.5, 0.6) is 0 Å². The molecule has 4 nitrogen and oxygen atoms in total. The molecule has 1 aliphatic carbocycles. The largest absolute Gasteiger partial charge is 0.480 e. The summed E-state index contributed by atoms with van der Waals surface area (Å²) in [7, 11) is 0. The lowest BCUT2D eigenvalue weighted by Crippen LogP contribution is -2.44. The quantitative estimate of drug-likeness (QED) is 0.874. The topological polar surface area (TPSA) is 66.4 Å². The normalized spacial score (nSPS) is 15.4. The molecule has 2 rings (SSSR count). The summed E-state index contributed by atoms with van der Waals surface area (Å²) in [5.41, 5.74) is 3.68. The number of hydrogen-bond donors (Lipinski definition) is 2. The van der Waals surface area contributed by atoms with E-state index in [1.165, 1.54) is 24.0 Å². The van der Waals surface area contributed by atoms with E-state index in [0.717, 1.165) is 18.4 Å². The number of benzene rings is 1. The molecule has 114 valence electrons. The number of aryl methyl sites for hydroxylation is 2. The van der Waals surface area contributed by atoms with Crippen LogP contribution in [0, 0.1) is 5.92 Å². The maximum atomic E-state index is 12.0. The number of carboxylic acids is 1. The van der Waals surface area contributed by atoms with Crippen molar-refractivity contribution in [3.63, 3.8) is 0 Å². The van der Waals surface area contributed by atoms with Gasteiger partial charge in [-0.05, 0) is 48.3 Å². The molecule has 0 radical (unpaired) electrons. The van der Waals surface area contributed by atoms with Gasteiger partial charge in [0.1, 0.15) is 6.04 Å². The molecule has 0 unspecified atom stereocenters. The summed E-state index contributed by atoms with van der Waals surface area (Å²) >= 11 is 0. The molecule has 0 aromatic heterocycles. The van der Waals surface area contributed by atoms with Gasteiger partial charge in [-0.15, -0.1) is 0 Å². The number of hydrogen-bond acceptors (Lipinski definition) is 2. The molecule has 1 aliphatic rings. The third kappa shape index (κ3) is 4.06. The number of carbonyl (C=O) groups is 2. The van der Waals surface area contributed by atoms with Gasteiger partial charge in [-0.2, -0.15) is 0 Å². The fourth-order valence-corrected chi connectivity index (χ4v) is 2.82. The van der Waals surface area contributed by atoms with Crippen LogP contribution < -0.4 is 5.32 Å². The molecule has 2 N–H and O–H groups in total. The van der Waals surface area contributed by atoms with Crippen molar-refractivity contribution in [2.45, 2.75) is 52.0 Å². The zero-order valence-corrected chi connectivity index (χ0v) is 12.7. The average molecular weight is 289 g/mol. The van der Waals surface area contributed by atoms with Gasteiger partial charge >= 0.3 is 5.97 Å². The molecule has 0 bridgehead atoms. The maximum Gasteiger partial charge on any atom is 0.326 e. The summed E-state index contributed by atoms with van der Waals surface area (Å²) in [6.07, 6.45) is 4.88. The lowest BCUT2D eigenvalue weighted by Gasteiger charge is -2.19. The van der Waals surface area contributed by atoms with E-state index in [9.17, 15) is 9.59 Å². The van der Waals surface area contributed by atoms with Crippen LogP contribution in [0.2, 0.25) is 0 Å². The minimum atomic E-state index is -0.983. The van der Waals surface area contributed by atoms with Gasteiger partial charge in [0.2, 0.25) is 5.91 Å². The fourth-order valence-electron chi connectivity index (χ4n) is 2.82. The smallest absolute Gasteiger partial charge is 0.326 e. The molecule has 0 saturated heterocycles. The number of amides is 1. The van der Waals surface area contributed by atoms with E-state index in [2.05, 4.69) is 17.4 Å². The Hall–Kier alpha value is -1.84. The predicted octanol–water partition coefficient (Wildman–Crippen LogP) is 2.33. The average Bonchev–Trinajstić information content (AvgIpc) is 2.44. The number of aliphatic carboxylic acids is 1. The standard InChI is InChI=1S/C17H23NO3/c1-11(2)16(17(20)21)18-15(19)10-12-7-8-13-5-3-4-6-14(13)9-12/h7-9,11,16H,3-6,10H2,1-2H3,(H,18,19)(H,20,21)/t16-/m1/s1. The summed E-state index contributed by atoms with van der Waals surface area (Å²) in [6.45, 7) is 3.58. The summed E-state index contributed by atoms with van der Waals surface area (Å²) in [4.78, 5) is 23.1. The first-order valence-corrected chi connectivity index (χ1v) is 7.60. The van der Waals surface area contributed by atoms with E-state index in [0.29, 0.717) is 0 Å². The maximum absolute atomic E-state index is 12.0. The van der Waals surface area contributed by atoms with E-state index in [4.69, 9.17) is 5.11 Å². The van der Waals surface area contributed by atoms with E-state index in [1.54, 1.807) is 13.8 Å². The van der Waals surface area contributed by atoms with Gasteiger partial charge in [0, 0.05) is 0 Å². The van der Waals surface area contributed by atoms with E-state index in [-0.39, 0.29) is 18.2 Å². The lowest BCUT2D eigenvalue weighted by molar-refractivity contribution is -0.143. The van der Waals surface area contributed by atoms with Gasteiger partial charge in [0.05, 0.1) is 6.42 Å². The van der Waals surface area contributed by atoms with Gasteiger partial charge in [0.25, 0.3) is 0 Å². The third-order valence-electron chi connectivity index (χ3n) is 4.03. The van der Waals surface area contributed by atoms with Crippen LogP contribution in [0.25, 0.3) is 0 Å². The first-order chi connectivity index (χ1) is 9.97. The lowest BCUT2D eigenvalue weighted by atomic mass is 9.90. The number of carboxylic acid groups (broad SMARTS) is 1. The molecule has 1 aromatic rings. The van der Waals surface area contributed by atoms with Crippen LogP contribution in [0.1, 0.15) is 43.4 Å². The van der Waals surface area contributed by atoms with Crippen molar-refractivity contribution < 1.29 is 14.7 Å². The van der Waals surface area contributed by atoms with Crippen molar-refractivity contribution in [1.82, 2.24) is 5.32 Å². The molecule has 4 heteroatoms. The highest BCUT2D eigenvalue weighted by Crippen LogP contribution is 2.22. The molecule has 0 heterocycles. The number of carbonyl (C=O) groups excluding carboxylic acids is 1. The molecule has 0 saturated carbocycles. The predicted molar refractivity (Wildman–Crippen MR) is 81.2 cm³/mol. The zero-order valence-electron chi connectivity index (χ0n) is 12.7. The second-order valence-electron chi connectivity index (χ2n) is 6.11. The van der Waals surface area contributed by atoms with Crippen LogP contribution in [-0.2, 0) is 28.9 Å². The molecular weight excluding hydrogens is 266 g/mol. The van der Waals surface area contributed by atoms with Crippen LogP contribution in [0.15, 0.2) is 18.2 Å². The minimum Gasteiger partial charge on any atom is -0.480 e. The molecule has 0 spiro atoms. The summed E-state index contributed by atoms with van der Waals surface area (Å²) in [5.74, 6) is -1.34. The SMILES string of the molecule is CC(C)[C@@H](NC(=O)Cc1ccc2c(c1)CCCC2)C(=O)O. The van der Waals surface area contributed by atoms with Crippen molar-refractivity contribution in [2.24, 2.45) is 5.92 Å². The van der Waals surface area contributed by atoms with Crippen LogP contribution in [-0.4, -0.2) is 23.0 Å². The van der Waals surface area contributed by atoms with Gasteiger partial charge in [-0.3, -0.25) is 4.79 Å². The molecule has 1 amide bonds. The highest BCUT2D eigenvalue weighted by molar-refractivity contribution is 5.85. The molecule has 1 atom stereocenters. The number of fused-ring (bicyclic) bond motifs is 1. The zero-order chi connectivity index (χ0) is 15.4. The molecule has 0 fully saturated rings. The Balaban J connectivity index is 2.01. The second-order valence-corrected chi connectivity index (χ2v) is 6.11. The van der Waals surface area contributed by atoms with Crippen molar-refractivity contribution in [2.75, 3.05) is 0 Å². The number of nitrogens with one attached hydrogen (secondary N) is 1. The minimum absolute atomic E-state index is 0.130. The van der Waals surface area contributed by atoms with Gasteiger partial charge in [-0.25, -0.2) is 4.79 Å². The highest BCUT2D eigenvalue weighted by atomic mass is 16.4. The second kappa shape index (κ2) is 6.74. The summed E-state index contributed by atoms with van der Waals surface area (Å²) in [6, 6.07) is 5.36. The first kappa shape index (κ1) is 15.5. The van der Waals surface area contributed by atoms with Crippen LogP contribution in [0.4, 0.5) is 0 Å². The highest BCUT2D eigenvalue weighted by Gasteiger charge is 2.23. The van der Waals surface area contributed by atoms with Gasteiger partial charge in [0.15, 0.2) is 0 Å². The molecule has 21 heavy (non-hydrogen) atoms. The fraction of sp³-hybridized carbons (Fsp3) is 0.529. The number of rotatable bonds is 5. The Morgan fingerprint density at radius 1 is 1.19 bits per heavy atom. The molecule has 1 aromatic carbocycles. The molecule has 0 aliphatic heterocycles. The van der Waals surface area contributed by atoms with Crippen LogP contribution >= 0.6 is 0 Å². The Kier molecular flexibility index (Phi) is 4.99.